The number of hydrogen-bond donors (Lipinski definition) is 1. The molecule has 0 aliphatic heterocycles. The number of para-hydroxylation sites is 1. The Morgan fingerprint density at radius 3 is 2.09 bits per heavy atom. The Labute approximate surface area is 201 Å². The number of nitrogens with one attached hydrogen (secondary N) is 1. The zero-order chi connectivity index (χ0) is 25.7. The Bertz CT molecular complexity index is 1100. The summed E-state index contributed by atoms with van der Waals surface area (Å²) in [6.45, 7) is 6.45. The van der Waals surface area contributed by atoms with Crippen LogP contribution in [0.2, 0.25) is 0 Å². The number of halogens is 1. The first-order chi connectivity index (χ1) is 15.7. The Kier molecular flexibility index (Phi) is 8.79. The second-order valence-electron chi connectivity index (χ2n) is 9.17. The lowest BCUT2D eigenvalue weighted by molar-refractivity contribution is -0.140. The standard InChI is InChI=1S/C24H33FN4O4S/c1-18(23(31)26-24(2,3)4)28(16-19-12-8-7-9-13-19)22(30)17-29(34(32,33)27(5)6)21-15-11-10-14-20(21)25/h7-15,18H,16-17H2,1-6H3,(H,26,31)/t18-/m1/s1. The van der Waals surface area contributed by atoms with E-state index < -0.39 is 40.1 Å². The van der Waals surface area contributed by atoms with Crippen molar-refractivity contribution in [3.05, 3.63) is 66.0 Å². The highest BCUT2D eigenvalue weighted by atomic mass is 32.2. The van der Waals surface area contributed by atoms with Gasteiger partial charge in [0, 0.05) is 26.2 Å². The Hall–Kier alpha value is -2.98. The minimum atomic E-state index is -4.21. The highest BCUT2D eigenvalue weighted by Crippen LogP contribution is 2.24. The molecule has 34 heavy (non-hydrogen) atoms. The van der Waals surface area contributed by atoms with Gasteiger partial charge in [0.2, 0.25) is 11.8 Å². The summed E-state index contributed by atoms with van der Waals surface area (Å²) in [5.41, 5.74) is -0.0181. The SMILES string of the molecule is C[C@H](C(=O)NC(C)(C)C)N(Cc1ccccc1)C(=O)CN(c1ccccc1F)S(=O)(=O)N(C)C. The molecule has 1 N–H and O–H groups in total. The van der Waals surface area contributed by atoms with E-state index >= 15 is 0 Å². The van der Waals surface area contributed by atoms with E-state index in [4.69, 9.17) is 0 Å². The van der Waals surface area contributed by atoms with E-state index in [1.165, 1.54) is 37.2 Å². The van der Waals surface area contributed by atoms with Gasteiger partial charge in [0.1, 0.15) is 18.4 Å². The topological polar surface area (TPSA) is 90.0 Å². The molecule has 1 atom stereocenters. The largest absolute Gasteiger partial charge is 0.350 e. The van der Waals surface area contributed by atoms with Crippen molar-refractivity contribution < 1.29 is 22.4 Å². The Morgan fingerprint density at radius 2 is 1.56 bits per heavy atom. The third-order valence-corrected chi connectivity index (χ3v) is 6.81. The molecule has 0 bridgehead atoms. The molecule has 10 heteroatoms. The van der Waals surface area contributed by atoms with Crippen molar-refractivity contribution in [2.75, 3.05) is 24.9 Å². The summed E-state index contributed by atoms with van der Waals surface area (Å²) in [4.78, 5) is 27.7. The lowest BCUT2D eigenvalue weighted by Gasteiger charge is -2.34. The molecule has 2 aromatic rings. The molecule has 0 aromatic heterocycles. The van der Waals surface area contributed by atoms with Crippen LogP contribution in [0.3, 0.4) is 0 Å². The van der Waals surface area contributed by atoms with Crippen LogP contribution in [0.15, 0.2) is 54.6 Å². The first-order valence-corrected chi connectivity index (χ1v) is 12.2. The van der Waals surface area contributed by atoms with Crippen molar-refractivity contribution in [2.24, 2.45) is 0 Å². The van der Waals surface area contributed by atoms with Crippen LogP contribution in [0.1, 0.15) is 33.3 Å². The molecule has 2 rings (SSSR count). The minimum Gasteiger partial charge on any atom is -0.350 e. The first-order valence-electron chi connectivity index (χ1n) is 10.8. The van der Waals surface area contributed by atoms with Crippen LogP contribution in [-0.2, 0) is 26.3 Å². The molecule has 0 radical (unpaired) electrons. The third-order valence-electron chi connectivity index (χ3n) is 5.00. The number of rotatable bonds is 9. The highest BCUT2D eigenvalue weighted by Gasteiger charge is 2.34. The van der Waals surface area contributed by atoms with Crippen LogP contribution in [0.25, 0.3) is 0 Å². The quantitative estimate of drug-likeness (QED) is 0.583. The molecule has 2 amide bonds. The molecule has 0 aliphatic carbocycles. The minimum absolute atomic E-state index is 0.0749. The molecule has 2 aromatic carbocycles. The summed E-state index contributed by atoms with van der Waals surface area (Å²) in [5, 5.41) is 2.85. The number of anilines is 1. The normalized spacial score (nSPS) is 12.8. The molecule has 0 fully saturated rings. The van der Waals surface area contributed by atoms with Crippen LogP contribution < -0.4 is 9.62 Å². The summed E-state index contributed by atoms with van der Waals surface area (Å²) in [6.07, 6.45) is 0. The van der Waals surface area contributed by atoms with Crippen LogP contribution >= 0.6 is 0 Å². The average Bonchev–Trinajstić information content (AvgIpc) is 2.75. The van der Waals surface area contributed by atoms with Gasteiger partial charge in [0.25, 0.3) is 0 Å². The van der Waals surface area contributed by atoms with Crippen molar-refractivity contribution in [2.45, 2.75) is 45.8 Å². The molecule has 8 nitrogen and oxygen atoms in total. The fraction of sp³-hybridized carbons (Fsp3) is 0.417. The number of carbonyl (C=O) groups is 2. The van der Waals surface area contributed by atoms with Crippen LogP contribution in [0, 0.1) is 5.82 Å². The second-order valence-corrected chi connectivity index (χ2v) is 11.2. The molecule has 0 unspecified atom stereocenters. The van der Waals surface area contributed by atoms with Crippen molar-refractivity contribution >= 4 is 27.7 Å². The van der Waals surface area contributed by atoms with Crippen LogP contribution in [0.4, 0.5) is 10.1 Å². The molecule has 0 spiro atoms. The molecule has 0 saturated heterocycles. The van der Waals surface area contributed by atoms with Gasteiger partial charge in [0.15, 0.2) is 0 Å². The van der Waals surface area contributed by atoms with Gasteiger partial charge in [-0.15, -0.1) is 0 Å². The fourth-order valence-corrected chi connectivity index (χ4v) is 4.26. The molecular formula is C24H33FN4O4S. The van der Waals surface area contributed by atoms with E-state index in [0.717, 1.165) is 20.2 Å². The summed E-state index contributed by atoms with van der Waals surface area (Å²) in [5.74, 6) is -1.81. The summed E-state index contributed by atoms with van der Waals surface area (Å²) >= 11 is 0. The van der Waals surface area contributed by atoms with Crippen LogP contribution in [-0.4, -0.2) is 61.7 Å². The van der Waals surface area contributed by atoms with Gasteiger partial charge >= 0.3 is 10.2 Å². The van der Waals surface area contributed by atoms with Gasteiger partial charge < -0.3 is 10.2 Å². The number of amides is 2. The molecule has 0 heterocycles. The third kappa shape index (κ3) is 7.01. The van der Waals surface area contributed by atoms with Gasteiger partial charge in [-0.05, 0) is 45.4 Å². The number of carbonyl (C=O) groups excluding carboxylic acids is 2. The van der Waals surface area contributed by atoms with Gasteiger partial charge in [-0.2, -0.15) is 12.7 Å². The van der Waals surface area contributed by atoms with Crippen molar-refractivity contribution in [1.82, 2.24) is 14.5 Å². The van der Waals surface area contributed by atoms with Gasteiger partial charge in [0.05, 0.1) is 5.69 Å². The van der Waals surface area contributed by atoms with Crippen molar-refractivity contribution in [3.8, 4) is 0 Å². The maximum Gasteiger partial charge on any atom is 0.304 e. The lowest BCUT2D eigenvalue weighted by atomic mass is 10.1. The first kappa shape index (κ1) is 27.3. The predicted molar refractivity (Wildman–Crippen MR) is 131 cm³/mol. The zero-order valence-corrected chi connectivity index (χ0v) is 21.3. The summed E-state index contributed by atoms with van der Waals surface area (Å²) in [7, 11) is -1.61. The fourth-order valence-electron chi connectivity index (χ4n) is 3.19. The van der Waals surface area contributed by atoms with Gasteiger partial charge in [-0.3, -0.25) is 9.59 Å². The number of nitrogens with zero attached hydrogens (tertiary/aromatic N) is 3. The predicted octanol–water partition coefficient (Wildman–Crippen LogP) is 2.77. The number of benzene rings is 2. The van der Waals surface area contributed by atoms with Crippen molar-refractivity contribution in [1.29, 1.82) is 0 Å². The zero-order valence-electron chi connectivity index (χ0n) is 20.4. The monoisotopic (exact) mass is 492 g/mol. The van der Waals surface area contributed by atoms with Gasteiger partial charge in [-0.1, -0.05) is 42.5 Å². The Balaban J connectivity index is 2.46. The summed E-state index contributed by atoms with van der Waals surface area (Å²) in [6, 6.07) is 13.5. The molecule has 186 valence electrons. The molecular weight excluding hydrogens is 459 g/mol. The smallest absolute Gasteiger partial charge is 0.304 e. The van der Waals surface area contributed by atoms with E-state index in [1.807, 2.05) is 26.8 Å². The van der Waals surface area contributed by atoms with Crippen molar-refractivity contribution in [3.63, 3.8) is 0 Å². The summed E-state index contributed by atoms with van der Waals surface area (Å²) < 4.78 is 42.3. The maximum atomic E-state index is 14.6. The Morgan fingerprint density at radius 1 is 1.00 bits per heavy atom. The van der Waals surface area contributed by atoms with E-state index in [2.05, 4.69) is 5.32 Å². The van der Waals surface area contributed by atoms with E-state index in [9.17, 15) is 22.4 Å². The molecule has 0 saturated carbocycles. The number of hydrogen-bond acceptors (Lipinski definition) is 4. The van der Waals surface area contributed by atoms with E-state index in [-0.39, 0.29) is 18.1 Å². The highest BCUT2D eigenvalue weighted by molar-refractivity contribution is 7.90. The van der Waals surface area contributed by atoms with Gasteiger partial charge in [-0.25, -0.2) is 8.70 Å². The van der Waals surface area contributed by atoms with Crippen LogP contribution in [0.5, 0.6) is 0 Å². The average molecular weight is 493 g/mol. The second kappa shape index (κ2) is 11.0. The van der Waals surface area contributed by atoms with E-state index in [0.29, 0.717) is 0 Å². The lowest BCUT2D eigenvalue weighted by Crippen LogP contribution is -2.55. The maximum absolute atomic E-state index is 14.6. The molecule has 0 aliphatic rings. The van der Waals surface area contributed by atoms with E-state index in [1.54, 1.807) is 31.2 Å².